The summed E-state index contributed by atoms with van der Waals surface area (Å²) in [6.45, 7) is 2.38. The maximum absolute atomic E-state index is 14.1. The summed E-state index contributed by atoms with van der Waals surface area (Å²) >= 11 is 0. The van der Waals surface area contributed by atoms with E-state index in [-0.39, 0.29) is 25.9 Å². The third-order valence-corrected chi connectivity index (χ3v) is 6.71. The van der Waals surface area contributed by atoms with Crippen LogP contribution in [0.1, 0.15) is 33.1 Å². The lowest BCUT2D eigenvalue weighted by atomic mass is 9.97. The van der Waals surface area contributed by atoms with Gasteiger partial charge in [-0.2, -0.15) is 8.78 Å². The molecular weight excluding hydrogens is 500 g/mol. The number of nitrogens with one attached hydrogen (secondary N) is 2. The molecule has 4 rings (SSSR count). The van der Waals surface area contributed by atoms with Crippen LogP contribution in [0, 0.1) is 5.92 Å². The number of carbonyl (C=O) groups is 2. The van der Waals surface area contributed by atoms with Crippen LogP contribution < -0.4 is 10.6 Å². The number of ether oxygens (including phenoxy) is 2. The molecule has 208 valence electrons. The van der Waals surface area contributed by atoms with E-state index < -0.39 is 79.7 Å². The van der Waals surface area contributed by atoms with Gasteiger partial charge in [0.15, 0.2) is 12.3 Å². The van der Waals surface area contributed by atoms with Crippen molar-refractivity contribution < 1.29 is 57.1 Å². The molecule has 0 spiro atoms. The lowest BCUT2D eigenvalue weighted by molar-refractivity contribution is -0.159. The normalized spacial score (nSPS) is 39.8. The zero-order chi connectivity index (χ0) is 27.0. The number of aliphatic hydroxyl groups excluding tert-OH is 4. The van der Waals surface area contributed by atoms with Crippen molar-refractivity contribution in [1.82, 2.24) is 20.4 Å². The number of rotatable bonds is 4. The van der Waals surface area contributed by atoms with Crippen LogP contribution in [0.4, 0.5) is 27.2 Å². The van der Waals surface area contributed by atoms with Gasteiger partial charge in [-0.3, -0.25) is 9.80 Å². The fourth-order valence-corrected chi connectivity index (χ4v) is 4.50. The Hall–Kier alpha value is -1.98. The molecule has 4 aliphatic rings. The number of alkyl halides is 4. The Labute approximate surface area is 204 Å². The summed E-state index contributed by atoms with van der Waals surface area (Å²) < 4.78 is 65.8. The van der Waals surface area contributed by atoms with Crippen LogP contribution in [0.2, 0.25) is 0 Å². The number of aliphatic hydroxyl groups is 4. The predicted octanol–water partition coefficient (Wildman–Crippen LogP) is -0.440. The second-order valence-electron chi connectivity index (χ2n) is 9.12. The van der Waals surface area contributed by atoms with Crippen molar-refractivity contribution in [2.24, 2.45) is 5.92 Å². The zero-order valence-electron chi connectivity index (χ0n) is 19.7. The van der Waals surface area contributed by atoms with E-state index >= 15 is 0 Å². The van der Waals surface area contributed by atoms with Crippen LogP contribution in [0.15, 0.2) is 0 Å². The molecule has 4 fully saturated rings. The van der Waals surface area contributed by atoms with E-state index in [9.17, 15) is 37.4 Å². The highest BCUT2D eigenvalue weighted by atomic mass is 19.3. The molecule has 4 saturated heterocycles. The molecule has 0 aromatic rings. The Balaban J connectivity index is 0.000000201. The topological polar surface area (TPSA) is 164 Å². The van der Waals surface area contributed by atoms with Crippen LogP contribution in [0.25, 0.3) is 0 Å². The summed E-state index contributed by atoms with van der Waals surface area (Å²) in [5, 5.41) is 40.8. The molecule has 0 radical (unpaired) electrons. The van der Waals surface area contributed by atoms with E-state index in [0.717, 1.165) is 4.90 Å². The molecule has 4 heterocycles. The number of carbonyl (C=O) groups excluding carboxylic acids is 2. The molecular formula is C20H32F4N4O8. The van der Waals surface area contributed by atoms with Gasteiger partial charge in [0.1, 0.15) is 18.6 Å². The fraction of sp³-hybridized carbons (Fsp3) is 0.900. The number of hydrogen-bond acceptors (Lipinski definition) is 8. The minimum Gasteiger partial charge on any atom is -0.394 e. The summed E-state index contributed by atoms with van der Waals surface area (Å²) in [6.07, 6.45) is -8.94. The van der Waals surface area contributed by atoms with E-state index in [0.29, 0.717) is 11.3 Å². The van der Waals surface area contributed by atoms with E-state index in [1.807, 2.05) is 0 Å². The summed E-state index contributed by atoms with van der Waals surface area (Å²) in [5.74, 6) is -7.67. The molecule has 0 saturated carbocycles. The van der Waals surface area contributed by atoms with Crippen molar-refractivity contribution in [2.75, 3.05) is 19.7 Å². The number of halogens is 4. The smallest absolute Gasteiger partial charge is 0.321 e. The molecule has 0 aliphatic carbocycles. The van der Waals surface area contributed by atoms with Gasteiger partial charge in [-0.25, -0.2) is 18.4 Å². The summed E-state index contributed by atoms with van der Waals surface area (Å²) in [4.78, 5) is 24.8. The van der Waals surface area contributed by atoms with Gasteiger partial charge < -0.3 is 40.5 Å². The van der Waals surface area contributed by atoms with Crippen LogP contribution >= 0.6 is 0 Å². The molecule has 36 heavy (non-hydrogen) atoms. The molecule has 0 bridgehead atoms. The molecule has 16 heteroatoms. The van der Waals surface area contributed by atoms with Gasteiger partial charge in [0.05, 0.1) is 18.6 Å². The number of hydrogen-bond donors (Lipinski definition) is 6. The average Bonchev–Trinajstić information content (AvgIpc) is 3.17. The first kappa shape index (κ1) is 28.6. The average molecular weight is 532 g/mol. The lowest BCUT2D eigenvalue weighted by Gasteiger charge is -2.36. The second kappa shape index (κ2) is 10.8. The predicted molar refractivity (Wildman–Crippen MR) is 111 cm³/mol. The molecule has 2 unspecified atom stereocenters. The molecule has 0 aromatic heterocycles. The highest BCUT2D eigenvalue weighted by molar-refractivity contribution is 5.76. The molecule has 0 aromatic carbocycles. The number of amides is 4. The van der Waals surface area contributed by atoms with Crippen molar-refractivity contribution in [1.29, 1.82) is 0 Å². The molecule has 12 nitrogen and oxygen atoms in total. The molecule has 4 aliphatic heterocycles. The van der Waals surface area contributed by atoms with Gasteiger partial charge in [-0.15, -0.1) is 0 Å². The minimum atomic E-state index is -3.67. The van der Waals surface area contributed by atoms with Gasteiger partial charge >= 0.3 is 18.0 Å². The van der Waals surface area contributed by atoms with E-state index in [2.05, 4.69) is 10.6 Å². The number of nitrogens with zero attached hydrogens (tertiary/aromatic N) is 2. The van der Waals surface area contributed by atoms with Crippen molar-refractivity contribution in [3.05, 3.63) is 0 Å². The van der Waals surface area contributed by atoms with Gasteiger partial charge in [0, 0.05) is 25.9 Å². The highest BCUT2D eigenvalue weighted by Crippen LogP contribution is 2.43. The fourth-order valence-electron chi connectivity index (χ4n) is 4.50. The largest absolute Gasteiger partial charge is 0.394 e. The first-order chi connectivity index (χ1) is 16.7. The van der Waals surface area contributed by atoms with Gasteiger partial charge in [-0.05, 0) is 6.42 Å². The van der Waals surface area contributed by atoms with Crippen molar-refractivity contribution in [3.8, 4) is 0 Å². The Morgan fingerprint density at radius 2 is 1.33 bits per heavy atom. The lowest BCUT2D eigenvalue weighted by Crippen LogP contribution is -2.59. The van der Waals surface area contributed by atoms with Gasteiger partial charge in [-0.1, -0.05) is 13.8 Å². The van der Waals surface area contributed by atoms with Crippen molar-refractivity contribution in [3.63, 3.8) is 0 Å². The second-order valence-corrected chi connectivity index (χ2v) is 9.12. The molecule has 6 N–H and O–H groups in total. The standard InChI is InChI=1S/C11H18F2N2O3.C9H14F2N2O5/c1-3-7-6(2)11(12,13)9(18-7)15-5-4-8(16)14-10(15)17;10-9(11)6(16)4(3-14)18-7(9)13-2-1-5(15)12-8(13)17/h6-9,16H,3-5H2,1-2H3,(H,14,17);4-7,14-16H,1-3H2,(H,12,17)/t6-,7-,8?,9-;4-,5?,6-,7-/m11/s1. The monoisotopic (exact) mass is 532 g/mol. The first-order valence-corrected chi connectivity index (χ1v) is 11.6. The van der Waals surface area contributed by atoms with Gasteiger partial charge in [0.2, 0.25) is 6.23 Å². The van der Waals surface area contributed by atoms with Crippen LogP contribution in [-0.2, 0) is 9.47 Å². The maximum atomic E-state index is 14.1. The Bertz CT molecular complexity index is 748. The third-order valence-electron chi connectivity index (χ3n) is 6.71. The Kier molecular flexibility index (Phi) is 8.57. The first-order valence-electron chi connectivity index (χ1n) is 11.6. The Morgan fingerprint density at radius 3 is 1.69 bits per heavy atom. The molecule has 8 atom stereocenters. The van der Waals surface area contributed by atoms with E-state index in [1.54, 1.807) is 6.92 Å². The third kappa shape index (κ3) is 5.33. The SMILES string of the molecule is CC[C@H]1O[C@@H](N2CCC(O)NC2=O)C(F)(F)[C@@H]1C.O=C1NC(O)CCN1[C@@H]1O[C@H](CO)[C@@H](O)C1(F)F. The zero-order valence-corrected chi connectivity index (χ0v) is 19.7. The van der Waals surface area contributed by atoms with Crippen molar-refractivity contribution in [2.45, 2.75) is 88.2 Å². The number of urea groups is 2. The van der Waals surface area contributed by atoms with Crippen LogP contribution in [0.3, 0.4) is 0 Å². The van der Waals surface area contributed by atoms with Gasteiger partial charge in [0.25, 0.3) is 5.92 Å². The summed E-state index contributed by atoms with van der Waals surface area (Å²) in [7, 11) is 0. The van der Waals surface area contributed by atoms with Crippen molar-refractivity contribution >= 4 is 12.1 Å². The minimum absolute atomic E-state index is 0.0659. The van der Waals surface area contributed by atoms with E-state index in [4.69, 9.17) is 19.7 Å². The maximum Gasteiger partial charge on any atom is 0.321 e. The van der Waals surface area contributed by atoms with E-state index in [1.165, 1.54) is 6.92 Å². The molecule has 4 amide bonds. The summed E-state index contributed by atoms with van der Waals surface area (Å²) in [5.41, 5.74) is 0. The summed E-state index contributed by atoms with van der Waals surface area (Å²) in [6, 6.07) is -1.61. The van der Waals surface area contributed by atoms with Crippen LogP contribution in [-0.4, -0.2) is 117 Å². The quantitative estimate of drug-likeness (QED) is 0.266. The van der Waals surface area contributed by atoms with Crippen LogP contribution in [0.5, 0.6) is 0 Å². The Morgan fingerprint density at radius 1 is 0.889 bits per heavy atom. The highest BCUT2D eigenvalue weighted by Gasteiger charge is 2.62.